The summed E-state index contributed by atoms with van der Waals surface area (Å²) in [5.74, 6) is -0.833. The van der Waals surface area contributed by atoms with Gasteiger partial charge in [-0.1, -0.05) is 35.3 Å². The molecule has 2 nitrogen and oxygen atoms in total. The molecule has 0 saturated heterocycles. The van der Waals surface area contributed by atoms with Crippen molar-refractivity contribution in [1.82, 2.24) is 0 Å². The molecule has 20 heavy (non-hydrogen) atoms. The minimum atomic E-state index is -0.833. The molecule has 2 aromatic rings. The summed E-state index contributed by atoms with van der Waals surface area (Å²) < 4.78 is 0. The molecule has 1 atom stereocenters. The van der Waals surface area contributed by atoms with Crippen LogP contribution in [0.15, 0.2) is 53.4 Å². The van der Waals surface area contributed by atoms with Gasteiger partial charge in [-0.2, -0.15) is 0 Å². The predicted octanol–water partition coefficient (Wildman–Crippen LogP) is 4.78. The molecule has 0 spiro atoms. The Balaban J connectivity index is 2.09. The van der Waals surface area contributed by atoms with Gasteiger partial charge in [0.05, 0.1) is 0 Å². The molecule has 5 heteroatoms. The zero-order valence-corrected chi connectivity index (χ0v) is 12.8. The van der Waals surface area contributed by atoms with Gasteiger partial charge < -0.3 is 5.11 Å². The summed E-state index contributed by atoms with van der Waals surface area (Å²) in [6, 6.07) is 14.4. The largest absolute Gasteiger partial charge is 0.480 e. The van der Waals surface area contributed by atoms with Crippen LogP contribution in [0.25, 0.3) is 0 Å². The third kappa shape index (κ3) is 4.44. The average Bonchev–Trinajstić information content (AvgIpc) is 2.42. The Morgan fingerprint density at radius 2 is 1.50 bits per heavy atom. The predicted molar refractivity (Wildman–Crippen MR) is 83.9 cm³/mol. The van der Waals surface area contributed by atoms with Gasteiger partial charge in [-0.3, -0.25) is 4.79 Å². The van der Waals surface area contributed by atoms with Crippen LogP contribution in [0, 0.1) is 0 Å². The van der Waals surface area contributed by atoms with Crippen molar-refractivity contribution in [3.8, 4) is 0 Å². The average molecular weight is 327 g/mol. The number of benzene rings is 2. The van der Waals surface area contributed by atoms with Gasteiger partial charge in [0.15, 0.2) is 0 Å². The van der Waals surface area contributed by atoms with Crippen LogP contribution in [0.1, 0.15) is 5.56 Å². The van der Waals surface area contributed by atoms with Crippen LogP contribution in [0.3, 0.4) is 0 Å². The van der Waals surface area contributed by atoms with E-state index < -0.39 is 11.2 Å². The fourth-order valence-electron chi connectivity index (χ4n) is 1.69. The molecule has 0 radical (unpaired) electrons. The number of halogens is 2. The van der Waals surface area contributed by atoms with Gasteiger partial charge in [-0.05, 0) is 48.4 Å². The Hall–Kier alpha value is -1.16. The lowest BCUT2D eigenvalue weighted by Crippen LogP contribution is -2.19. The van der Waals surface area contributed by atoms with Gasteiger partial charge in [-0.25, -0.2) is 0 Å². The maximum Gasteiger partial charge on any atom is 0.317 e. The summed E-state index contributed by atoms with van der Waals surface area (Å²) >= 11 is 13.0. The first-order valence-corrected chi connectivity index (χ1v) is 7.57. The molecule has 2 rings (SSSR count). The first kappa shape index (κ1) is 15.2. The van der Waals surface area contributed by atoms with Crippen molar-refractivity contribution in [2.24, 2.45) is 0 Å². The number of aliphatic carboxylic acids is 1. The van der Waals surface area contributed by atoms with Crippen molar-refractivity contribution in [2.75, 3.05) is 0 Å². The van der Waals surface area contributed by atoms with Gasteiger partial charge in [0.2, 0.25) is 0 Å². The monoisotopic (exact) mass is 326 g/mol. The lowest BCUT2D eigenvalue weighted by Gasteiger charge is -2.12. The van der Waals surface area contributed by atoms with Crippen molar-refractivity contribution in [3.05, 3.63) is 64.1 Å². The third-order valence-electron chi connectivity index (χ3n) is 2.70. The topological polar surface area (TPSA) is 37.3 Å². The van der Waals surface area contributed by atoms with Crippen LogP contribution >= 0.6 is 35.0 Å². The smallest absolute Gasteiger partial charge is 0.317 e. The van der Waals surface area contributed by atoms with E-state index in [2.05, 4.69) is 0 Å². The van der Waals surface area contributed by atoms with Gasteiger partial charge in [-0.15, -0.1) is 11.8 Å². The van der Waals surface area contributed by atoms with E-state index in [1.165, 1.54) is 11.8 Å². The van der Waals surface area contributed by atoms with Crippen LogP contribution in [-0.4, -0.2) is 16.3 Å². The molecular weight excluding hydrogens is 315 g/mol. The van der Waals surface area contributed by atoms with Gasteiger partial charge >= 0.3 is 5.97 Å². The molecule has 0 amide bonds. The second kappa shape index (κ2) is 7.02. The van der Waals surface area contributed by atoms with Crippen LogP contribution in [0.5, 0.6) is 0 Å². The summed E-state index contributed by atoms with van der Waals surface area (Å²) in [6.45, 7) is 0. The van der Waals surface area contributed by atoms with Gasteiger partial charge in [0.25, 0.3) is 0 Å². The van der Waals surface area contributed by atoms with Crippen molar-refractivity contribution in [1.29, 1.82) is 0 Å². The fourth-order valence-corrected chi connectivity index (χ4v) is 2.94. The van der Waals surface area contributed by atoms with Crippen molar-refractivity contribution >= 4 is 40.9 Å². The van der Waals surface area contributed by atoms with Gasteiger partial charge in [0, 0.05) is 14.9 Å². The molecule has 1 N–H and O–H groups in total. The summed E-state index contributed by atoms with van der Waals surface area (Å²) in [6.07, 6.45) is 0.444. The number of thioether (sulfide) groups is 1. The SMILES string of the molecule is O=C(O)C(Cc1ccc(Cl)cc1)Sc1ccc(Cl)cc1. The number of hydrogen-bond acceptors (Lipinski definition) is 2. The third-order valence-corrected chi connectivity index (χ3v) is 4.40. The van der Waals surface area contributed by atoms with Crippen LogP contribution < -0.4 is 0 Å². The molecule has 0 aliphatic rings. The number of rotatable bonds is 5. The molecule has 0 aliphatic carbocycles. The molecule has 0 aliphatic heterocycles. The van der Waals surface area contributed by atoms with Gasteiger partial charge in [0.1, 0.15) is 5.25 Å². The van der Waals surface area contributed by atoms with Crippen molar-refractivity contribution < 1.29 is 9.90 Å². The van der Waals surface area contributed by atoms with Crippen molar-refractivity contribution in [2.45, 2.75) is 16.6 Å². The van der Waals surface area contributed by atoms with Crippen molar-refractivity contribution in [3.63, 3.8) is 0 Å². The normalized spacial score (nSPS) is 12.1. The molecule has 0 saturated carbocycles. The van der Waals surface area contributed by atoms with E-state index >= 15 is 0 Å². The molecule has 104 valence electrons. The lowest BCUT2D eigenvalue weighted by atomic mass is 10.1. The van der Waals surface area contributed by atoms with E-state index in [9.17, 15) is 9.90 Å². The van der Waals surface area contributed by atoms with E-state index in [4.69, 9.17) is 23.2 Å². The quantitative estimate of drug-likeness (QED) is 0.803. The zero-order valence-electron chi connectivity index (χ0n) is 10.4. The summed E-state index contributed by atoms with van der Waals surface area (Å²) in [7, 11) is 0. The molecular formula is C15H12Cl2O2S. The summed E-state index contributed by atoms with van der Waals surface area (Å²) in [5.41, 5.74) is 0.947. The fraction of sp³-hybridized carbons (Fsp3) is 0.133. The highest BCUT2D eigenvalue weighted by atomic mass is 35.5. The molecule has 1 unspecified atom stereocenters. The highest BCUT2D eigenvalue weighted by Crippen LogP contribution is 2.27. The number of carboxylic acids is 1. The standard InChI is InChI=1S/C15H12Cl2O2S/c16-11-3-1-10(2-4-11)9-14(15(18)19)20-13-7-5-12(17)6-8-13/h1-8,14H,9H2,(H,18,19). The number of carboxylic acid groups (broad SMARTS) is 1. The maximum atomic E-state index is 11.4. The second-order valence-corrected chi connectivity index (χ2v) is 6.38. The van der Waals surface area contributed by atoms with E-state index in [1.54, 1.807) is 24.3 Å². The Morgan fingerprint density at radius 3 is 2.00 bits per heavy atom. The van der Waals surface area contributed by atoms with E-state index in [0.717, 1.165) is 10.5 Å². The lowest BCUT2D eigenvalue weighted by molar-refractivity contribution is -0.136. The van der Waals surface area contributed by atoms with E-state index in [-0.39, 0.29) is 0 Å². The summed E-state index contributed by atoms with van der Waals surface area (Å²) in [5, 5.41) is 10.1. The van der Waals surface area contributed by atoms with Crippen LogP contribution in [-0.2, 0) is 11.2 Å². The minimum Gasteiger partial charge on any atom is -0.480 e. The molecule has 0 bridgehead atoms. The highest BCUT2D eigenvalue weighted by molar-refractivity contribution is 8.00. The molecule has 0 heterocycles. The Kier molecular flexibility index (Phi) is 5.35. The Bertz CT molecular complexity index is 534. The molecule has 0 aromatic heterocycles. The molecule has 0 fully saturated rings. The first-order valence-electron chi connectivity index (χ1n) is 5.94. The first-order chi connectivity index (χ1) is 9.54. The second-order valence-electron chi connectivity index (χ2n) is 4.23. The van der Waals surface area contributed by atoms with Crippen LogP contribution in [0.2, 0.25) is 10.0 Å². The van der Waals surface area contributed by atoms with E-state index in [1.807, 2.05) is 24.3 Å². The number of hydrogen-bond donors (Lipinski definition) is 1. The Labute approximate surface area is 131 Å². The van der Waals surface area contributed by atoms with E-state index in [0.29, 0.717) is 16.5 Å². The number of carbonyl (C=O) groups is 1. The minimum absolute atomic E-state index is 0.444. The van der Waals surface area contributed by atoms with Crippen LogP contribution in [0.4, 0.5) is 0 Å². The zero-order chi connectivity index (χ0) is 14.5. The highest BCUT2D eigenvalue weighted by Gasteiger charge is 2.19. The Morgan fingerprint density at radius 1 is 1.00 bits per heavy atom. The maximum absolute atomic E-state index is 11.4. The summed E-state index contributed by atoms with van der Waals surface area (Å²) in [4.78, 5) is 12.3. The molecule has 2 aromatic carbocycles.